The van der Waals surface area contributed by atoms with Crippen molar-refractivity contribution in [2.75, 3.05) is 7.05 Å². The molecular formula is C11H16BrNS. The zero-order valence-electron chi connectivity index (χ0n) is 9.02. The van der Waals surface area contributed by atoms with E-state index in [1.807, 2.05) is 7.05 Å². The van der Waals surface area contributed by atoms with Crippen molar-refractivity contribution in [2.24, 2.45) is 0 Å². The van der Waals surface area contributed by atoms with E-state index in [0.29, 0.717) is 0 Å². The molecule has 0 unspecified atom stereocenters. The first-order chi connectivity index (χ1) is 6.43. The number of hydrogen-bond donors (Lipinski definition) is 1. The van der Waals surface area contributed by atoms with Crippen LogP contribution in [0, 0.1) is 0 Å². The first kappa shape index (κ1) is 12.1. The van der Waals surface area contributed by atoms with Crippen molar-refractivity contribution in [3.8, 4) is 0 Å². The SMILES string of the molecule is CNSc1cc(Br)cc(C(C)(C)C)c1. The molecule has 14 heavy (non-hydrogen) atoms. The van der Waals surface area contributed by atoms with Crippen molar-refractivity contribution in [1.82, 2.24) is 4.72 Å². The second kappa shape index (κ2) is 4.69. The average Bonchev–Trinajstić information content (AvgIpc) is 2.02. The lowest BCUT2D eigenvalue weighted by molar-refractivity contribution is 0.588. The molecule has 0 bridgehead atoms. The maximum absolute atomic E-state index is 3.53. The summed E-state index contributed by atoms with van der Waals surface area (Å²) in [6, 6.07) is 6.53. The normalized spacial score (nSPS) is 11.8. The summed E-state index contributed by atoms with van der Waals surface area (Å²) in [7, 11) is 1.93. The van der Waals surface area contributed by atoms with Crippen LogP contribution in [0.3, 0.4) is 0 Å². The minimum Gasteiger partial charge on any atom is -0.263 e. The van der Waals surface area contributed by atoms with Gasteiger partial charge in [-0.3, -0.25) is 4.72 Å². The molecule has 1 nitrogen and oxygen atoms in total. The maximum Gasteiger partial charge on any atom is 0.0242 e. The van der Waals surface area contributed by atoms with Gasteiger partial charge < -0.3 is 0 Å². The fourth-order valence-electron chi connectivity index (χ4n) is 1.17. The van der Waals surface area contributed by atoms with E-state index in [1.54, 1.807) is 11.9 Å². The van der Waals surface area contributed by atoms with Gasteiger partial charge in [-0.2, -0.15) is 0 Å². The van der Waals surface area contributed by atoms with Gasteiger partial charge in [0.2, 0.25) is 0 Å². The van der Waals surface area contributed by atoms with Crippen LogP contribution in [0.15, 0.2) is 27.6 Å². The average molecular weight is 274 g/mol. The van der Waals surface area contributed by atoms with Crippen molar-refractivity contribution in [1.29, 1.82) is 0 Å². The smallest absolute Gasteiger partial charge is 0.0242 e. The predicted octanol–water partition coefficient (Wildman–Crippen LogP) is 3.97. The molecule has 0 saturated carbocycles. The summed E-state index contributed by atoms with van der Waals surface area (Å²) in [5.41, 5.74) is 1.55. The molecule has 0 aromatic heterocycles. The second-order valence-electron chi connectivity index (χ2n) is 4.23. The predicted molar refractivity (Wildman–Crippen MR) is 67.8 cm³/mol. The molecule has 0 fully saturated rings. The number of benzene rings is 1. The molecule has 0 amide bonds. The van der Waals surface area contributed by atoms with Gasteiger partial charge in [0.15, 0.2) is 0 Å². The van der Waals surface area contributed by atoms with E-state index in [2.05, 4.69) is 59.6 Å². The summed E-state index contributed by atoms with van der Waals surface area (Å²) in [5.74, 6) is 0. The molecule has 0 radical (unpaired) electrons. The van der Waals surface area contributed by atoms with Gasteiger partial charge >= 0.3 is 0 Å². The van der Waals surface area contributed by atoms with Crippen LogP contribution < -0.4 is 4.72 Å². The Balaban J connectivity index is 3.07. The number of nitrogens with one attached hydrogen (secondary N) is 1. The molecule has 3 heteroatoms. The summed E-state index contributed by atoms with van der Waals surface area (Å²) >= 11 is 5.17. The molecule has 1 aromatic carbocycles. The Morgan fingerprint density at radius 1 is 1.21 bits per heavy atom. The van der Waals surface area contributed by atoms with Crippen molar-refractivity contribution in [3.63, 3.8) is 0 Å². The monoisotopic (exact) mass is 273 g/mol. The topological polar surface area (TPSA) is 12.0 Å². The lowest BCUT2D eigenvalue weighted by atomic mass is 9.87. The summed E-state index contributed by atoms with van der Waals surface area (Å²) in [4.78, 5) is 1.24. The molecular weight excluding hydrogens is 258 g/mol. The molecule has 1 aromatic rings. The molecule has 0 aliphatic heterocycles. The Morgan fingerprint density at radius 3 is 2.36 bits per heavy atom. The Kier molecular flexibility index (Phi) is 4.04. The fourth-order valence-corrected chi connectivity index (χ4v) is 2.42. The third-order valence-corrected chi connectivity index (χ3v) is 3.09. The van der Waals surface area contributed by atoms with Crippen LogP contribution in [0.25, 0.3) is 0 Å². The summed E-state index contributed by atoms with van der Waals surface area (Å²) in [6.45, 7) is 6.67. The number of halogens is 1. The number of rotatable bonds is 2. The van der Waals surface area contributed by atoms with Crippen LogP contribution in [0.4, 0.5) is 0 Å². The van der Waals surface area contributed by atoms with Crippen LogP contribution >= 0.6 is 27.9 Å². The van der Waals surface area contributed by atoms with Crippen molar-refractivity contribution in [3.05, 3.63) is 28.2 Å². The lowest BCUT2D eigenvalue weighted by Crippen LogP contribution is -2.11. The molecule has 1 rings (SSSR count). The first-order valence-corrected chi connectivity index (χ1v) is 6.19. The van der Waals surface area contributed by atoms with E-state index >= 15 is 0 Å². The van der Waals surface area contributed by atoms with Gasteiger partial charge in [-0.05, 0) is 48.2 Å². The highest BCUT2D eigenvalue weighted by atomic mass is 79.9. The Hall–Kier alpha value is 0.01000. The fraction of sp³-hybridized carbons (Fsp3) is 0.455. The molecule has 0 aliphatic carbocycles. The van der Waals surface area contributed by atoms with Crippen LogP contribution in [-0.4, -0.2) is 7.05 Å². The van der Waals surface area contributed by atoms with E-state index in [4.69, 9.17) is 0 Å². The van der Waals surface area contributed by atoms with E-state index < -0.39 is 0 Å². The highest BCUT2D eigenvalue weighted by molar-refractivity contribution is 9.10. The van der Waals surface area contributed by atoms with Crippen molar-refractivity contribution in [2.45, 2.75) is 31.1 Å². The van der Waals surface area contributed by atoms with E-state index in [-0.39, 0.29) is 5.41 Å². The Bertz CT molecular complexity index is 318. The zero-order valence-corrected chi connectivity index (χ0v) is 11.4. The van der Waals surface area contributed by atoms with Gasteiger partial charge in [0.25, 0.3) is 0 Å². The number of hydrogen-bond acceptors (Lipinski definition) is 2. The molecule has 0 spiro atoms. The van der Waals surface area contributed by atoms with Gasteiger partial charge in [0.05, 0.1) is 0 Å². The Morgan fingerprint density at radius 2 is 1.86 bits per heavy atom. The van der Waals surface area contributed by atoms with E-state index in [1.165, 1.54) is 10.5 Å². The minimum atomic E-state index is 0.201. The highest BCUT2D eigenvalue weighted by Gasteiger charge is 2.14. The summed E-state index contributed by atoms with van der Waals surface area (Å²) < 4.78 is 4.23. The highest BCUT2D eigenvalue weighted by Crippen LogP contribution is 2.29. The van der Waals surface area contributed by atoms with Gasteiger partial charge in [0, 0.05) is 9.37 Å². The van der Waals surface area contributed by atoms with Gasteiger partial charge in [-0.1, -0.05) is 36.7 Å². The molecule has 0 saturated heterocycles. The van der Waals surface area contributed by atoms with Gasteiger partial charge in [0.1, 0.15) is 0 Å². The minimum absolute atomic E-state index is 0.201. The van der Waals surface area contributed by atoms with Crippen LogP contribution in [0.2, 0.25) is 0 Å². The van der Waals surface area contributed by atoms with E-state index in [9.17, 15) is 0 Å². The lowest BCUT2D eigenvalue weighted by Gasteiger charge is -2.20. The quantitative estimate of drug-likeness (QED) is 0.819. The summed E-state index contributed by atoms with van der Waals surface area (Å²) in [5, 5.41) is 0. The molecule has 1 N–H and O–H groups in total. The largest absolute Gasteiger partial charge is 0.263 e. The van der Waals surface area contributed by atoms with Gasteiger partial charge in [-0.25, -0.2) is 0 Å². The standard InChI is InChI=1S/C11H16BrNS/c1-11(2,3)8-5-9(12)7-10(6-8)14-13-4/h5-7,13H,1-4H3. The Labute approximate surface area is 98.9 Å². The first-order valence-electron chi connectivity index (χ1n) is 4.58. The third-order valence-electron chi connectivity index (χ3n) is 1.96. The molecule has 0 atom stereocenters. The van der Waals surface area contributed by atoms with Crippen LogP contribution in [0.1, 0.15) is 26.3 Å². The van der Waals surface area contributed by atoms with Crippen LogP contribution in [-0.2, 0) is 5.41 Å². The molecule has 0 aliphatic rings. The van der Waals surface area contributed by atoms with Gasteiger partial charge in [-0.15, -0.1) is 0 Å². The maximum atomic E-state index is 3.53. The molecule has 78 valence electrons. The van der Waals surface area contributed by atoms with Crippen molar-refractivity contribution < 1.29 is 0 Å². The van der Waals surface area contributed by atoms with Crippen molar-refractivity contribution >= 4 is 27.9 Å². The molecule has 0 heterocycles. The second-order valence-corrected chi connectivity index (χ2v) is 6.23. The van der Waals surface area contributed by atoms with Crippen LogP contribution in [0.5, 0.6) is 0 Å². The summed E-state index contributed by atoms with van der Waals surface area (Å²) in [6.07, 6.45) is 0. The zero-order chi connectivity index (χ0) is 10.8. The third kappa shape index (κ3) is 3.30. The van der Waals surface area contributed by atoms with E-state index in [0.717, 1.165) is 4.47 Å².